The molecule has 0 fully saturated rings. The Balaban J connectivity index is 1.68. The van der Waals surface area contributed by atoms with Crippen LogP contribution in [0.25, 0.3) is 11.5 Å². The van der Waals surface area contributed by atoms with Crippen LogP contribution in [0.4, 0.5) is 0 Å². The lowest BCUT2D eigenvalue weighted by atomic mass is 10.1. The predicted octanol–water partition coefficient (Wildman–Crippen LogP) is 2.33. The van der Waals surface area contributed by atoms with Crippen LogP contribution in [-0.2, 0) is 16.0 Å². The molecule has 0 unspecified atom stereocenters. The number of benzene rings is 1. The van der Waals surface area contributed by atoms with E-state index in [2.05, 4.69) is 10.2 Å². The third kappa shape index (κ3) is 3.18. The average molecular weight is 306 g/mol. The lowest BCUT2D eigenvalue weighted by Crippen LogP contribution is -2.06. The van der Waals surface area contributed by atoms with E-state index < -0.39 is 0 Å². The van der Waals surface area contributed by atoms with E-state index in [9.17, 15) is 4.79 Å². The number of rotatable bonds is 5. The zero-order chi connectivity index (χ0) is 14.7. The van der Waals surface area contributed by atoms with Gasteiger partial charge in [0.2, 0.25) is 5.89 Å². The van der Waals surface area contributed by atoms with Gasteiger partial charge in [-0.05, 0) is 30.7 Å². The molecule has 0 N–H and O–H groups in total. The first kappa shape index (κ1) is 13.9. The van der Waals surface area contributed by atoms with Gasteiger partial charge in [0.15, 0.2) is 0 Å². The maximum absolute atomic E-state index is 11.3. The molecule has 2 heterocycles. The van der Waals surface area contributed by atoms with Crippen LogP contribution in [-0.4, -0.2) is 35.1 Å². The van der Waals surface area contributed by atoms with Gasteiger partial charge in [0.25, 0.3) is 5.22 Å². The first-order valence-electron chi connectivity index (χ1n) is 6.64. The molecule has 7 heteroatoms. The highest BCUT2D eigenvalue weighted by atomic mass is 32.2. The van der Waals surface area contributed by atoms with Crippen molar-refractivity contribution in [3.8, 4) is 17.2 Å². The summed E-state index contributed by atoms with van der Waals surface area (Å²) in [5, 5.41) is 8.29. The van der Waals surface area contributed by atoms with Gasteiger partial charge in [-0.25, -0.2) is 0 Å². The van der Waals surface area contributed by atoms with Crippen LogP contribution in [0.5, 0.6) is 5.75 Å². The summed E-state index contributed by atoms with van der Waals surface area (Å²) in [6.45, 7) is 2.85. The van der Waals surface area contributed by atoms with Crippen molar-refractivity contribution in [2.75, 3.05) is 19.0 Å². The monoisotopic (exact) mass is 306 g/mol. The Morgan fingerprint density at radius 2 is 2.33 bits per heavy atom. The quantitative estimate of drug-likeness (QED) is 0.620. The molecule has 0 saturated carbocycles. The first-order chi connectivity index (χ1) is 10.3. The van der Waals surface area contributed by atoms with Crippen molar-refractivity contribution < 1.29 is 18.7 Å². The average Bonchev–Trinajstić information content (AvgIpc) is 3.13. The summed E-state index contributed by atoms with van der Waals surface area (Å²) < 4.78 is 15.9. The second-order valence-electron chi connectivity index (χ2n) is 4.39. The van der Waals surface area contributed by atoms with E-state index in [1.54, 1.807) is 6.92 Å². The van der Waals surface area contributed by atoms with Gasteiger partial charge in [-0.3, -0.25) is 4.79 Å². The second-order valence-corrected chi connectivity index (χ2v) is 5.31. The number of hydrogen-bond donors (Lipinski definition) is 0. The number of hydrogen-bond acceptors (Lipinski definition) is 7. The fraction of sp³-hybridized carbons (Fsp3) is 0.357. The molecule has 3 rings (SSSR count). The second kappa shape index (κ2) is 6.17. The Kier molecular flexibility index (Phi) is 4.10. The minimum absolute atomic E-state index is 0.160. The van der Waals surface area contributed by atoms with Gasteiger partial charge >= 0.3 is 5.97 Å². The number of thioether (sulfide) groups is 1. The van der Waals surface area contributed by atoms with Crippen molar-refractivity contribution in [2.24, 2.45) is 0 Å². The minimum atomic E-state index is -0.295. The van der Waals surface area contributed by atoms with Crippen LogP contribution >= 0.6 is 11.8 Å². The fourth-order valence-corrected chi connectivity index (χ4v) is 2.59. The number of aromatic nitrogens is 2. The van der Waals surface area contributed by atoms with Gasteiger partial charge in [-0.1, -0.05) is 11.8 Å². The molecule has 21 heavy (non-hydrogen) atoms. The van der Waals surface area contributed by atoms with E-state index >= 15 is 0 Å². The molecule has 1 aromatic carbocycles. The molecule has 2 aromatic rings. The van der Waals surface area contributed by atoms with Gasteiger partial charge in [0.1, 0.15) is 11.5 Å². The van der Waals surface area contributed by atoms with Crippen LogP contribution < -0.4 is 4.74 Å². The molecule has 1 aromatic heterocycles. The van der Waals surface area contributed by atoms with Gasteiger partial charge in [0.05, 0.1) is 13.2 Å². The van der Waals surface area contributed by atoms with Crippen LogP contribution in [0, 0.1) is 0 Å². The van der Waals surface area contributed by atoms with Gasteiger partial charge in [0, 0.05) is 12.0 Å². The molecule has 1 aliphatic heterocycles. The summed E-state index contributed by atoms with van der Waals surface area (Å²) in [4.78, 5) is 11.3. The molecule has 0 atom stereocenters. The number of carbonyl (C=O) groups is 1. The van der Waals surface area contributed by atoms with Crippen molar-refractivity contribution in [3.05, 3.63) is 23.8 Å². The molecule has 0 amide bonds. The summed E-state index contributed by atoms with van der Waals surface area (Å²) in [7, 11) is 0. The SMILES string of the molecule is CCOC(=O)CSc1nnc(-c2ccc3c(c2)CCO3)o1. The molecule has 0 spiro atoms. The molecule has 0 saturated heterocycles. The van der Waals surface area contributed by atoms with E-state index in [0.29, 0.717) is 24.3 Å². The molecule has 6 nitrogen and oxygen atoms in total. The highest BCUT2D eigenvalue weighted by Crippen LogP contribution is 2.30. The predicted molar refractivity (Wildman–Crippen MR) is 76.3 cm³/mol. The Labute approximate surface area is 125 Å². The van der Waals surface area contributed by atoms with Crippen molar-refractivity contribution in [1.29, 1.82) is 0 Å². The number of nitrogens with zero attached hydrogens (tertiary/aromatic N) is 2. The molecule has 0 aliphatic carbocycles. The van der Waals surface area contributed by atoms with Crippen LogP contribution in [0.2, 0.25) is 0 Å². The molecular formula is C14H14N2O4S. The fourth-order valence-electron chi connectivity index (χ4n) is 2.03. The number of fused-ring (bicyclic) bond motifs is 1. The van der Waals surface area contributed by atoms with Crippen molar-refractivity contribution in [2.45, 2.75) is 18.6 Å². The van der Waals surface area contributed by atoms with Crippen LogP contribution in [0.15, 0.2) is 27.8 Å². The van der Waals surface area contributed by atoms with E-state index in [1.807, 2.05) is 18.2 Å². The van der Waals surface area contributed by atoms with Crippen LogP contribution in [0.3, 0.4) is 0 Å². The lowest BCUT2D eigenvalue weighted by molar-refractivity contribution is -0.139. The molecule has 0 bridgehead atoms. The third-order valence-corrected chi connectivity index (χ3v) is 3.75. The summed E-state index contributed by atoms with van der Waals surface area (Å²) in [6, 6.07) is 5.79. The highest BCUT2D eigenvalue weighted by molar-refractivity contribution is 7.99. The van der Waals surface area contributed by atoms with Crippen molar-refractivity contribution in [3.63, 3.8) is 0 Å². The van der Waals surface area contributed by atoms with E-state index in [0.717, 1.165) is 23.3 Å². The zero-order valence-electron chi connectivity index (χ0n) is 11.5. The van der Waals surface area contributed by atoms with E-state index in [-0.39, 0.29) is 11.7 Å². The Bertz CT molecular complexity index is 656. The Morgan fingerprint density at radius 3 is 3.19 bits per heavy atom. The van der Waals surface area contributed by atoms with Gasteiger partial charge in [-0.15, -0.1) is 10.2 Å². The lowest BCUT2D eigenvalue weighted by Gasteiger charge is -2.00. The van der Waals surface area contributed by atoms with Crippen molar-refractivity contribution in [1.82, 2.24) is 10.2 Å². The van der Waals surface area contributed by atoms with E-state index in [4.69, 9.17) is 13.9 Å². The maximum atomic E-state index is 11.3. The standard InChI is InChI=1S/C14H14N2O4S/c1-2-18-12(17)8-21-14-16-15-13(20-14)10-3-4-11-9(7-10)5-6-19-11/h3-4,7H,2,5-6,8H2,1H3. The number of ether oxygens (including phenoxy) is 2. The molecule has 1 aliphatic rings. The van der Waals surface area contributed by atoms with Crippen molar-refractivity contribution >= 4 is 17.7 Å². The molecule has 0 radical (unpaired) electrons. The first-order valence-corrected chi connectivity index (χ1v) is 7.63. The maximum Gasteiger partial charge on any atom is 0.316 e. The number of carbonyl (C=O) groups excluding carboxylic acids is 1. The third-order valence-electron chi connectivity index (χ3n) is 2.96. The number of esters is 1. The topological polar surface area (TPSA) is 74.5 Å². The smallest absolute Gasteiger partial charge is 0.316 e. The Morgan fingerprint density at radius 1 is 1.43 bits per heavy atom. The largest absolute Gasteiger partial charge is 0.493 e. The van der Waals surface area contributed by atoms with Gasteiger partial charge in [-0.2, -0.15) is 0 Å². The van der Waals surface area contributed by atoms with E-state index in [1.165, 1.54) is 11.8 Å². The summed E-state index contributed by atoms with van der Waals surface area (Å²) >= 11 is 1.17. The summed E-state index contributed by atoms with van der Waals surface area (Å²) in [5.41, 5.74) is 2.00. The summed E-state index contributed by atoms with van der Waals surface area (Å²) in [6.07, 6.45) is 0.891. The highest BCUT2D eigenvalue weighted by Gasteiger charge is 2.16. The Hall–Kier alpha value is -2.02. The minimum Gasteiger partial charge on any atom is -0.493 e. The van der Waals surface area contributed by atoms with Gasteiger partial charge < -0.3 is 13.9 Å². The zero-order valence-corrected chi connectivity index (χ0v) is 12.3. The summed E-state index contributed by atoms with van der Waals surface area (Å²) in [5.74, 6) is 1.22. The van der Waals surface area contributed by atoms with Crippen LogP contribution in [0.1, 0.15) is 12.5 Å². The molecule has 110 valence electrons. The normalized spacial score (nSPS) is 12.8. The molecular weight excluding hydrogens is 292 g/mol.